The first-order chi connectivity index (χ1) is 16.0. The average Bonchev–Trinajstić information content (AvgIpc) is 3.24. The fraction of sp³-hybridized carbons (Fsp3) is 0.353. The molecule has 0 nitrogen and oxygen atoms in total. The highest BCUT2D eigenvalue weighted by Gasteiger charge is 2.54. The lowest BCUT2D eigenvalue weighted by atomic mass is 9.66. The molecule has 0 saturated carbocycles. The predicted molar refractivity (Wildman–Crippen MR) is 145 cm³/mol. The molecular weight excluding hydrogens is 408 g/mol. The van der Waals surface area contributed by atoms with Crippen molar-refractivity contribution in [2.24, 2.45) is 11.3 Å². The van der Waals surface area contributed by atoms with Crippen LogP contribution in [0.4, 0.5) is 0 Å². The molecular formula is C34H36. The first-order valence-electron chi connectivity index (χ1n) is 12.8. The van der Waals surface area contributed by atoms with Gasteiger partial charge in [-0.2, -0.15) is 0 Å². The van der Waals surface area contributed by atoms with Crippen molar-refractivity contribution >= 4 is 5.57 Å². The van der Waals surface area contributed by atoms with E-state index in [-0.39, 0.29) is 16.2 Å². The van der Waals surface area contributed by atoms with Gasteiger partial charge in [-0.05, 0) is 80.2 Å². The van der Waals surface area contributed by atoms with Crippen LogP contribution in [0.25, 0.3) is 16.7 Å². The van der Waals surface area contributed by atoms with Gasteiger partial charge in [-0.3, -0.25) is 0 Å². The molecule has 0 radical (unpaired) electrons. The minimum Gasteiger partial charge on any atom is -0.0757 e. The third-order valence-corrected chi connectivity index (χ3v) is 8.53. The van der Waals surface area contributed by atoms with Crippen molar-refractivity contribution < 1.29 is 0 Å². The molecule has 0 heteroatoms. The molecule has 3 aromatic carbocycles. The monoisotopic (exact) mass is 444 g/mol. The Hall–Kier alpha value is -2.86. The van der Waals surface area contributed by atoms with E-state index >= 15 is 0 Å². The van der Waals surface area contributed by atoms with Crippen LogP contribution in [0.15, 0.2) is 78.4 Å². The van der Waals surface area contributed by atoms with Crippen molar-refractivity contribution in [1.82, 2.24) is 0 Å². The summed E-state index contributed by atoms with van der Waals surface area (Å²) in [5.74, 6) is 0.528. The summed E-state index contributed by atoms with van der Waals surface area (Å²) in [4.78, 5) is 0. The molecule has 3 aromatic rings. The first-order valence-corrected chi connectivity index (χ1v) is 12.8. The molecule has 34 heavy (non-hydrogen) atoms. The van der Waals surface area contributed by atoms with Crippen molar-refractivity contribution in [3.05, 3.63) is 112 Å². The van der Waals surface area contributed by atoms with Gasteiger partial charge in [0.05, 0.1) is 5.41 Å². The lowest BCUT2D eigenvalue weighted by Crippen LogP contribution is -2.29. The number of fused-ring (bicyclic) bond motifs is 10. The van der Waals surface area contributed by atoms with Gasteiger partial charge in [0.15, 0.2) is 0 Å². The molecule has 172 valence electrons. The molecule has 0 fully saturated rings. The molecule has 2 atom stereocenters. The SMILES string of the molecule is Cc1ccc2c(c1)C1(C3=CC(C(C)(C)C)CC=C3c3ccc(C(C)(C)C)cc31)c1ccccc1-2. The number of aryl methyl sites for hydroxylation is 1. The van der Waals surface area contributed by atoms with Crippen LogP contribution in [-0.2, 0) is 10.8 Å². The Kier molecular flexibility index (Phi) is 4.36. The molecule has 6 rings (SSSR count). The van der Waals surface area contributed by atoms with Gasteiger partial charge in [-0.15, -0.1) is 0 Å². The van der Waals surface area contributed by atoms with Crippen molar-refractivity contribution in [2.45, 2.75) is 65.7 Å². The number of allylic oxidation sites excluding steroid dienone is 4. The van der Waals surface area contributed by atoms with Crippen LogP contribution >= 0.6 is 0 Å². The van der Waals surface area contributed by atoms with E-state index in [1.165, 1.54) is 55.7 Å². The Morgan fingerprint density at radius 2 is 1.41 bits per heavy atom. The highest BCUT2D eigenvalue weighted by Crippen LogP contribution is 2.65. The summed E-state index contributed by atoms with van der Waals surface area (Å²) in [6.45, 7) is 16.4. The zero-order valence-electron chi connectivity index (χ0n) is 21.7. The Labute approximate surface area is 205 Å². The molecule has 0 saturated heterocycles. The van der Waals surface area contributed by atoms with Gasteiger partial charge in [-0.1, -0.05) is 120 Å². The number of hydrogen-bond acceptors (Lipinski definition) is 0. The Balaban J connectivity index is 1.78. The van der Waals surface area contributed by atoms with Gasteiger partial charge in [-0.25, -0.2) is 0 Å². The van der Waals surface area contributed by atoms with Gasteiger partial charge in [0.25, 0.3) is 0 Å². The van der Waals surface area contributed by atoms with Crippen molar-refractivity contribution in [3.63, 3.8) is 0 Å². The minimum atomic E-state index is -0.232. The third-order valence-electron chi connectivity index (χ3n) is 8.53. The second-order valence-electron chi connectivity index (χ2n) is 12.8. The number of benzene rings is 3. The van der Waals surface area contributed by atoms with Crippen LogP contribution in [0.5, 0.6) is 0 Å². The van der Waals surface area contributed by atoms with E-state index in [2.05, 4.69) is 121 Å². The van der Waals surface area contributed by atoms with Gasteiger partial charge < -0.3 is 0 Å². The summed E-state index contributed by atoms with van der Waals surface area (Å²) >= 11 is 0. The molecule has 0 aromatic heterocycles. The molecule has 0 amide bonds. The summed E-state index contributed by atoms with van der Waals surface area (Å²) in [6, 6.07) is 23.6. The van der Waals surface area contributed by atoms with E-state index in [1.807, 2.05) is 0 Å². The first kappa shape index (κ1) is 21.7. The fourth-order valence-corrected chi connectivity index (χ4v) is 6.57. The lowest BCUT2D eigenvalue weighted by molar-refractivity contribution is 0.292. The van der Waals surface area contributed by atoms with E-state index in [0.717, 1.165) is 6.42 Å². The average molecular weight is 445 g/mol. The van der Waals surface area contributed by atoms with Crippen LogP contribution in [0.3, 0.4) is 0 Å². The Morgan fingerprint density at radius 1 is 0.735 bits per heavy atom. The van der Waals surface area contributed by atoms with E-state index in [0.29, 0.717) is 5.92 Å². The zero-order chi connectivity index (χ0) is 24.0. The Morgan fingerprint density at radius 3 is 2.15 bits per heavy atom. The molecule has 2 unspecified atom stereocenters. The van der Waals surface area contributed by atoms with Gasteiger partial charge in [0, 0.05) is 0 Å². The van der Waals surface area contributed by atoms with E-state index in [9.17, 15) is 0 Å². The second kappa shape index (κ2) is 6.85. The summed E-state index contributed by atoms with van der Waals surface area (Å²) in [6.07, 6.45) is 6.31. The van der Waals surface area contributed by atoms with Gasteiger partial charge >= 0.3 is 0 Å². The van der Waals surface area contributed by atoms with Crippen molar-refractivity contribution in [1.29, 1.82) is 0 Å². The topological polar surface area (TPSA) is 0 Å². The molecule has 3 aliphatic carbocycles. The van der Waals surface area contributed by atoms with Crippen molar-refractivity contribution in [3.8, 4) is 11.1 Å². The van der Waals surface area contributed by atoms with E-state index in [1.54, 1.807) is 0 Å². The van der Waals surface area contributed by atoms with Crippen LogP contribution in [-0.4, -0.2) is 0 Å². The summed E-state index contributed by atoms with van der Waals surface area (Å²) in [7, 11) is 0. The minimum absolute atomic E-state index is 0.105. The molecule has 0 aliphatic heterocycles. The molecule has 0 bridgehead atoms. The summed E-state index contributed by atoms with van der Waals surface area (Å²) < 4.78 is 0. The smallest absolute Gasteiger partial charge is 0.0722 e. The molecule has 1 spiro atoms. The third kappa shape index (κ3) is 2.78. The second-order valence-corrected chi connectivity index (χ2v) is 12.8. The Bertz CT molecular complexity index is 1400. The van der Waals surface area contributed by atoms with Crippen molar-refractivity contribution in [2.75, 3.05) is 0 Å². The molecule has 0 heterocycles. The standard InChI is InChI=1S/C34H36/c1-21-12-15-25-24-10-8-9-11-28(24)34(29(25)18-21)30-19-22(32(2,3)4)13-16-26(30)27-17-14-23(20-31(27)34)33(5,6)7/h8-13,15-20,23H,14H2,1-7H3. The van der Waals surface area contributed by atoms with Crippen LogP contribution in [0.2, 0.25) is 0 Å². The normalized spacial score (nSPS) is 22.6. The fourth-order valence-electron chi connectivity index (χ4n) is 6.57. The highest BCUT2D eigenvalue weighted by atomic mass is 14.6. The maximum atomic E-state index is 2.65. The quantitative estimate of drug-likeness (QED) is 0.324. The molecule has 3 aliphatic rings. The highest BCUT2D eigenvalue weighted by molar-refractivity contribution is 6.00. The maximum Gasteiger partial charge on any atom is 0.0722 e. The van der Waals surface area contributed by atoms with E-state index < -0.39 is 0 Å². The lowest BCUT2D eigenvalue weighted by Gasteiger charge is -2.36. The molecule has 0 N–H and O–H groups in total. The number of rotatable bonds is 0. The van der Waals surface area contributed by atoms with E-state index in [4.69, 9.17) is 0 Å². The van der Waals surface area contributed by atoms with Crippen LogP contribution < -0.4 is 0 Å². The van der Waals surface area contributed by atoms with Crippen LogP contribution in [0, 0.1) is 18.3 Å². The number of hydrogen-bond donors (Lipinski definition) is 0. The predicted octanol–water partition coefficient (Wildman–Crippen LogP) is 9.00. The van der Waals surface area contributed by atoms with Crippen LogP contribution in [0.1, 0.15) is 81.3 Å². The largest absolute Gasteiger partial charge is 0.0757 e. The maximum absolute atomic E-state index is 2.65. The summed E-state index contributed by atoms with van der Waals surface area (Å²) in [5, 5.41) is 0. The zero-order valence-corrected chi connectivity index (χ0v) is 21.7. The summed E-state index contributed by atoms with van der Waals surface area (Å²) in [5.41, 5.74) is 14.4. The van der Waals surface area contributed by atoms with Gasteiger partial charge in [0.1, 0.15) is 0 Å². The van der Waals surface area contributed by atoms with Gasteiger partial charge in [0.2, 0.25) is 0 Å².